The van der Waals surface area contributed by atoms with Crippen LogP contribution in [-0.4, -0.2) is 24.5 Å². The van der Waals surface area contributed by atoms with Crippen LogP contribution in [0.4, 0.5) is 5.69 Å². The van der Waals surface area contributed by atoms with Crippen LogP contribution >= 0.6 is 35.7 Å². The molecule has 108 valence electrons. The van der Waals surface area contributed by atoms with Crippen molar-refractivity contribution in [2.45, 2.75) is 25.7 Å². The summed E-state index contributed by atoms with van der Waals surface area (Å²) in [6.07, 6.45) is 7.11. The van der Waals surface area contributed by atoms with Gasteiger partial charge in [-0.2, -0.15) is 11.8 Å². The van der Waals surface area contributed by atoms with E-state index in [2.05, 4.69) is 16.6 Å². The van der Waals surface area contributed by atoms with Crippen LogP contribution in [0.3, 0.4) is 0 Å². The zero-order valence-corrected chi connectivity index (χ0v) is 14.6. The molecule has 3 N–H and O–H groups in total. The molecule has 0 fully saturated rings. The van der Waals surface area contributed by atoms with Crippen LogP contribution in [-0.2, 0) is 0 Å². The van der Waals surface area contributed by atoms with Crippen LogP contribution in [0.1, 0.15) is 25.7 Å². The van der Waals surface area contributed by atoms with Crippen LogP contribution in [0.2, 0.25) is 0 Å². The fourth-order valence-corrected chi connectivity index (χ4v) is 2.11. The number of hydrogen-bond acceptors (Lipinski definition) is 2. The average molecular weight is 393 g/mol. The second kappa shape index (κ2) is 12.6. The van der Waals surface area contributed by atoms with E-state index in [0.29, 0.717) is 5.96 Å². The van der Waals surface area contributed by atoms with Crippen molar-refractivity contribution in [1.29, 1.82) is 0 Å². The highest BCUT2D eigenvalue weighted by Crippen LogP contribution is 2.05. The van der Waals surface area contributed by atoms with Gasteiger partial charge >= 0.3 is 0 Å². The third kappa shape index (κ3) is 10.1. The van der Waals surface area contributed by atoms with Gasteiger partial charge in [-0.25, -0.2) is 0 Å². The van der Waals surface area contributed by atoms with Crippen LogP contribution in [0, 0.1) is 0 Å². The fourth-order valence-electron chi connectivity index (χ4n) is 1.62. The number of thioether (sulfide) groups is 1. The number of para-hydroxylation sites is 1. The molecule has 0 radical (unpaired) electrons. The molecule has 0 unspecified atom stereocenters. The summed E-state index contributed by atoms with van der Waals surface area (Å²) in [6.45, 7) is 0.810. The van der Waals surface area contributed by atoms with Crippen LogP contribution in [0.15, 0.2) is 35.3 Å². The van der Waals surface area contributed by atoms with Gasteiger partial charge < -0.3 is 11.1 Å². The minimum Gasteiger partial charge on any atom is -0.370 e. The largest absolute Gasteiger partial charge is 0.370 e. The molecular formula is C14H24IN3S. The minimum absolute atomic E-state index is 0. The molecule has 0 aromatic heterocycles. The number of nitrogens with zero attached hydrogens (tertiary/aromatic N) is 1. The van der Waals surface area contributed by atoms with E-state index >= 15 is 0 Å². The molecule has 0 saturated heterocycles. The van der Waals surface area contributed by atoms with Gasteiger partial charge in [-0.1, -0.05) is 31.0 Å². The standard InChI is InChI=1S/C14H23N3S.HI/c1-18-12-8-3-2-7-11-16-14(15)17-13-9-5-4-6-10-13;/h4-6,9-10H,2-3,7-8,11-12H2,1H3,(H3,15,16,17);1H. The maximum atomic E-state index is 5.80. The van der Waals surface area contributed by atoms with Gasteiger partial charge in [0.2, 0.25) is 0 Å². The Morgan fingerprint density at radius 3 is 2.53 bits per heavy atom. The lowest BCUT2D eigenvalue weighted by Crippen LogP contribution is -2.22. The Kier molecular flexibility index (Phi) is 12.3. The number of anilines is 1. The zero-order chi connectivity index (χ0) is 13.1. The Labute approximate surface area is 137 Å². The first-order valence-electron chi connectivity index (χ1n) is 6.44. The molecule has 3 nitrogen and oxygen atoms in total. The molecule has 19 heavy (non-hydrogen) atoms. The van der Waals surface area contributed by atoms with Crippen LogP contribution < -0.4 is 11.1 Å². The topological polar surface area (TPSA) is 50.4 Å². The molecule has 1 aromatic rings. The number of benzene rings is 1. The first kappa shape index (κ1) is 18.6. The molecule has 0 aliphatic rings. The predicted octanol–water partition coefficient (Wildman–Crippen LogP) is 3.95. The lowest BCUT2D eigenvalue weighted by molar-refractivity contribution is 0.678. The van der Waals surface area contributed by atoms with Crippen molar-refractivity contribution in [3.8, 4) is 0 Å². The number of rotatable bonds is 8. The molecule has 0 aliphatic heterocycles. The smallest absolute Gasteiger partial charge is 0.193 e. The summed E-state index contributed by atoms with van der Waals surface area (Å²) in [5.74, 6) is 1.77. The molecule has 0 bridgehead atoms. The highest BCUT2D eigenvalue weighted by Gasteiger charge is 1.93. The molecule has 0 heterocycles. The average Bonchev–Trinajstić information content (AvgIpc) is 2.39. The number of nitrogens with one attached hydrogen (secondary N) is 1. The molecular weight excluding hydrogens is 369 g/mol. The Balaban J connectivity index is 0.00000324. The van der Waals surface area contributed by atoms with Crippen molar-refractivity contribution in [3.63, 3.8) is 0 Å². The van der Waals surface area contributed by atoms with Crippen molar-refractivity contribution in [1.82, 2.24) is 0 Å². The number of unbranched alkanes of at least 4 members (excludes halogenated alkanes) is 3. The van der Waals surface area contributed by atoms with Gasteiger partial charge in [0.15, 0.2) is 5.96 Å². The first-order chi connectivity index (χ1) is 8.83. The molecule has 0 spiro atoms. The molecule has 1 rings (SSSR count). The van der Waals surface area contributed by atoms with Crippen LogP contribution in [0.5, 0.6) is 0 Å². The predicted molar refractivity (Wildman–Crippen MR) is 98.8 cm³/mol. The van der Waals surface area contributed by atoms with E-state index in [1.165, 1.54) is 25.0 Å². The third-order valence-corrected chi connectivity index (χ3v) is 3.28. The number of nitrogens with two attached hydrogens (primary N) is 1. The number of guanidine groups is 1. The van der Waals surface area contributed by atoms with Crippen molar-refractivity contribution in [2.24, 2.45) is 10.7 Å². The minimum atomic E-state index is 0. The van der Waals surface area contributed by atoms with Gasteiger partial charge in [-0.3, -0.25) is 4.99 Å². The zero-order valence-electron chi connectivity index (χ0n) is 11.5. The highest BCUT2D eigenvalue weighted by molar-refractivity contribution is 14.0. The summed E-state index contributed by atoms with van der Waals surface area (Å²) >= 11 is 1.91. The summed E-state index contributed by atoms with van der Waals surface area (Å²) in [5.41, 5.74) is 6.79. The maximum absolute atomic E-state index is 5.80. The van der Waals surface area contributed by atoms with E-state index in [1.807, 2.05) is 42.1 Å². The summed E-state index contributed by atoms with van der Waals surface area (Å²) < 4.78 is 0. The van der Waals surface area contributed by atoms with E-state index in [0.717, 1.165) is 18.7 Å². The third-order valence-electron chi connectivity index (χ3n) is 2.58. The van der Waals surface area contributed by atoms with E-state index in [1.54, 1.807) is 0 Å². The monoisotopic (exact) mass is 393 g/mol. The Bertz CT molecular complexity index is 344. The number of aliphatic imine (C=N–C) groups is 1. The Morgan fingerprint density at radius 1 is 1.16 bits per heavy atom. The lowest BCUT2D eigenvalue weighted by atomic mass is 10.2. The number of hydrogen-bond donors (Lipinski definition) is 2. The van der Waals surface area contributed by atoms with Gasteiger partial charge in [0.05, 0.1) is 0 Å². The quantitative estimate of drug-likeness (QED) is 0.304. The van der Waals surface area contributed by atoms with Gasteiger partial charge in [-0.05, 0) is 37.0 Å². The second-order valence-electron chi connectivity index (χ2n) is 4.16. The Hall–Kier alpha value is -0.430. The van der Waals surface area contributed by atoms with E-state index < -0.39 is 0 Å². The highest BCUT2D eigenvalue weighted by atomic mass is 127. The second-order valence-corrected chi connectivity index (χ2v) is 5.15. The summed E-state index contributed by atoms with van der Waals surface area (Å²) in [6, 6.07) is 9.88. The van der Waals surface area contributed by atoms with Gasteiger partial charge in [0.25, 0.3) is 0 Å². The summed E-state index contributed by atoms with van der Waals surface area (Å²) in [5, 5.41) is 3.08. The maximum Gasteiger partial charge on any atom is 0.193 e. The van der Waals surface area contributed by atoms with Crippen LogP contribution in [0.25, 0.3) is 0 Å². The molecule has 0 saturated carbocycles. The fraction of sp³-hybridized carbons (Fsp3) is 0.500. The van der Waals surface area contributed by atoms with Crippen molar-refractivity contribution >= 4 is 47.4 Å². The van der Waals surface area contributed by atoms with E-state index in [9.17, 15) is 0 Å². The molecule has 0 aliphatic carbocycles. The van der Waals surface area contributed by atoms with Crippen molar-refractivity contribution < 1.29 is 0 Å². The van der Waals surface area contributed by atoms with Gasteiger partial charge in [0, 0.05) is 12.2 Å². The van der Waals surface area contributed by atoms with Gasteiger partial charge in [0.1, 0.15) is 0 Å². The SMILES string of the molecule is CSCCCCCCN=C(N)Nc1ccccc1.I. The number of halogens is 1. The van der Waals surface area contributed by atoms with Crippen molar-refractivity contribution in [2.75, 3.05) is 23.9 Å². The molecule has 5 heteroatoms. The Morgan fingerprint density at radius 2 is 1.84 bits per heavy atom. The summed E-state index contributed by atoms with van der Waals surface area (Å²) in [7, 11) is 0. The summed E-state index contributed by atoms with van der Waals surface area (Å²) in [4.78, 5) is 4.32. The molecule has 1 aromatic carbocycles. The van der Waals surface area contributed by atoms with Gasteiger partial charge in [-0.15, -0.1) is 24.0 Å². The first-order valence-corrected chi connectivity index (χ1v) is 7.83. The normalized spacial score (nSPS) is 10.9. The van der Waals surface area contributed by atoms with E-state index in [4.69, 9.17) is 5.73 Å². The van der Waals surface area contributed by atoms with E-state index in [-0.39, 0.29) is 24.0 Å². The van der Waals surface area contributed by atoms with Crippen molar-refractivity contribution in [3.05, 3.63) is 30.3 Å². The molecule has 0 atom stereocenters. The lowest BCUT2D eigenvalue weighted by Gasteiger charge is -2.05. The molecule has 0 amide bonds.